The number of rotatable bonds is 5. The van der Waals surface area contributed by atoms with E-state index in [1.165, 1.54) is 16.4 Å². The molecule has 138 valence electrons. The maximum Gasteiger partial charge on any atom is 0.274 e. The second kappa shape index (κ2) is 7.63. The molecule has 1 atom stereocenters. The third-order valence-electron chi connectivity index (χ3n) is 4.22. The van der Waals surface area contributed by atoms with Crippen LogP contribution in [0.3, 0.4) is 0 Å². The highest BCUT2D eigenvalue weighted by molar-refractivity contribution is 7.89. The van der Waals surface area contributed by atoms with Crippen molar-refractivity contribution in [3.05, 3.63) is 59.1 Å². The minimum atomic E-state index is -3.55. The van der Waals surface area contributed by atoms with Crippen LogP contribution >= 0.6 is 11.6 Å². The summed E-state index contributed by atoms with van der Waals surface area (Å²) in [7, 11) is -3.55. The van der Waals surface area contributed by atoms with Gasteiger partial charge < -0.3 is 5.32 Å². The lowest BCUT2D eigenvalue weighted by atomic mass is 10.2. The number of carbonyl (C=O) groups is 1. The van der Waals surface area contributed by atoms with Crippen LogP contribution in [0.25, 0.3) is 0 Å². The third kappa shape index (κ3) is 3.99. The molecule has 1 aliphatic rings. The molecule has 0 spiro atoms. The first-order valence-electron chi connectivity index (χ1n) is 7.97. The number of nitrogens with one attached hydrogen (secondary N) is 2. The maximum atomic E-state index is 12.7. The van der Waals surface area contributed by atoms with Gasteiger partial charge in [0, 0.05) is 35.4 Å². The first-order chi connectivity index (χ1) is 12.4. The highest BCUT2D eigenvalue weighted by atomic mass is 35.5. The number of hydroxylamine groups is 1. The van der Waals surface area contributed by atoms with Gasteiger partial charge in [0.1, 0.15) is 0 Å². The van der Waals surface area contributed by atoms with Crippen molar-refractivity contribution >= 4 is 33.2 Å². The van der Waals surface area contributed by atoms with E-state index in [1.54, 1.807) is 41.9 Å². The number of hydrogen-bond acceptors (Lipinski definition) is 5. The van der Waals surface area contributed by atoms with Crippen LogP contribution in [-0.2, 0) is 10.0 Å². The summed E-state index contributed by atoms with van der Waals surface area (Å²) in [6.07, 6.45) is 0.672. The van der Waals surface area contributed by atoms with Gasteiger partial charge in [-0.1, -0.05) is 11.6 Å². The predicted molar refractivity (Wildman–Crippen MR) is 97.9 cm³/mol. The Balaban J connectivity index is 1.65. The Hall–Kier alpha value is -2.13. The second-order valence-electron chi connectivity index (χ2n) is 5.97. The molecule has 7 nitrogen and oxygen atoms in total. The van der Waals surface area contributed by atoms with E-state index in [-0.39, 0.29) is 10.9 Å². The van der Waals surface area contributed by atoms with E-state index >= 15 is 0 Å². The van der Waals surface area contributed by atoms with Crippen molar-refractivity contribution < 1.29 is 18.4 Å². The van der Waals surface area contributed by atoms with Crippen molar-refractivity contribution in [3.8, 4) is 0 Å². The standard InChI is InChI=1S/C17H18ClN3O4S/c18-13-3-7-16(8-4-13)26(24,25)21-10-9-15(11-21)19-14-5-1-12(2-6-14)17(22)20-23/h1-8,15,19,23H,9-11H2,(H,20,22). The summed E-state index contributed by atoms with van der Waals surface area (Å²) in [6, 6.07) is 12.7. The van der Waals surface area contributed by atoms with Crippen molar-refractivity contribution in [2.45, 2.75) is 17.4 Å². The summed E-state index contributed by atoms with van der Waals surface area (Å²) in [5.74, 6) is -0.586. The number of hydrogen-bond donors (Lipinski definition) is 3. The SMILES string of the molecule is O=C(NO)c1ccc(NC2CCN(S(=O)(=O)c3ccc(Cl)cc3)C2)cc1. The Morgan fingerprint density at radius 3 is 2.38 bits per heavy atom. The average molecular weight is 396 g/mol. The predicted octanol–water partition coefficient (Wildman–Crippen LogP) is 2.33. The molecule has 1 aliphatic heterocycles. The molecule has 0 bridgehead atoms. The smallest absolute Gasteiger partial charge is 0.274 e. The molecule has 2 aromatic carbocycles. The average Bonchev–Trinajstić information content (AvgIpc) is 3.11. The fourth-order valence-electron chi connectivity index (χ4n) is 2.84. The number of halogens is 1. The number of amides is 1. The summed E-state index contributed by atoms with van der Waals surface area (Å²) in [6.45, 7) is 0.775. The van der Waals surface area contributed by atoms with Gasteiger partial charge >= 0.3 is 0 Å². The Labute approximate surface area is 156 Å². The van der Waals surface area contributed by atoms with Crippen LogP contribution in [0.15, 0.2) is 53.4 Å². The van der Waals surface area contributed by atoms with E-state index in [1.807, 2.05) is 0 Å². The molecule has 1 saturated heterocycles. The number of nitrogens with zero attached hydrogens (tertiary/aromatic N) is 1. The minimum Gasteiger partial charge on any atom is -0.381 e. The number of anilines is 1. The molecule has 0 radical (unpaired) electrons. The van der Waals surface area contributed by atoms with Crippen molar-refractivity contribution in [2.75, 3.05) is 18.4 Å². The molecule has 0 aromatic heterocycles. The van der Waals surface area contributed by atoms with Crippen molar-refractivity contribution in [1.29, 1.82) is 0 Å². The molecular weight excluding hydrogens is 378 g/mol. The van der Waals surface area contributed by atoms with Gasteiger partial charge in [0.25, 0.3) is 5.91 Å². The fraction of sp³-hybridized carbons (Fsp3) is 0.235. The van der Waals surface area contributed by atoms with Gasteiger partial charge in [-0.05, 0) is 55.0 Å². The molecule has 9 heteroatoms. The lowest BCUT2D eigenvalue weighted by Gasteiger charge is -2.18. The molecular formula is C17H18ClN3O4S. The van der Waals surface area contributed by atoms with Crippen molar-refractivity contribution in [1.82, 2.24) is 9.79 Å². The first-order valence-corrected chi connectivity index (χ1v) is 9.79. The van der Waals surface area contributed by atoms with Crippen LogP contribution < -0.4 is 10.8 Å². The Kier molecular flexibility index (Phi) is 5.47. The zero-order valence-electron chi connectivity index (χ0n) is 13.7. The zero-order chi connectivity index (χ0) is 18.7. The molecule has 1 heterocycles. The van der Waals surface area contributed by atoms with Crippen LogP contribution in [0.2, 0.25) is 5.02 Å². The van der Waals surface area contributed by atoms with E-state index in [4.69, 9.17) is 16.8 Å². The van der Waals surface area contributed by atoms with Crippen LogP contribution in [0.1, 0.15) is 16.8 Å². The Morgan fingerprint density at radius 2 is 1.77 bits per heavy atom. The van der Waals surface area contributed by atoms with E-state index in [9.17, 15) is 13.2 Å². The molecule has 0 saturated carbocycles. The fourth-order valence-corrected chi connectivity index (χ4v) is 4.46. The van der Waals surface area contributed by atoms with Crippen LogP contribution in [0, 0.1) is 0 Å². The minimum absolute atomic E-state index is 0.0328. The first kappa shape index (κ1) is 18.7. The van der Waals surface area contributed by atoms with Gasteiger partial charge in [-0.3, -0.25) is 10.0 Å². The molecule has 2 aromatic rings. The summed E-state index contributed by atoms with van der Waals surface area (Å²) >= 11 is 5.82. The quantitative estimate of drug-likeness (QED) is 0.533. The van der Waals surface area contributed by atoms with E-state index in [2.05, 4.69) is 5.32 Å². The van der Waals surface area contributed by atoms with E-state index < -0.39 is 15.9 Å². The van der Waals surface area contributed by atoms with Gasteiger partial charge in [-0.25, -0.2) is 13.9 Å². The highest BCUT2D eigenvalue weighted by Crippen LogP contribution is 2.24. The number of benzene rings is 2. The maximum absolute atomic E-state index is 12.7. The van der Waals surface area contributed by atoms with Gasteiger partial charge in [-0.2, -0.15) is 4.31 Å². The molecule has 0 aliphatic carbocycles. The lowest BCUT2D eigenvalue weighted by Crippen LogP contribution is -2.31. The van der Waals surface area contributed by atoms with E-state index in [0.29, 0.717) is 30.1 Å². The number of carbonyl (C=O) groups excluding carboxylic acids is 1. The Bertz CT molecular complexity index is 885. The monoisotopic (exact) mass is 395 g/mol. The largest absolute Gasteiger partial charge is 0.381 e. The van der Waals surface area contributed by atoms with Gasteiger partial charge in [-0.15, -0.1) is 0 Å². The molecule has 1 unspecified atom stereocenters. The second-order valence-corrected chi connectivity index (χ2v) is 8.34. The Morgan fingerprint density at radius 1 is 1.12 bits per heavy atom. The van der Waals surface area contributed by atoms with Crippen LogP contribution in [0.5, 0.6) is 0 Å². The summed E-state index contributed by atoms with van der Waals surface area (Å²) in [4.78, 5) is 11.5. The highest BCUT2D eigenvalue weighted by Gasteiger charge is 2.32. The topological polar surface area (TPSA) is 98.7 Å². The lowest BCUT2D eigenvalue weighted by molar-refractivity contribution is 0.0706. The van der Waals surface area contributed by atoms with Crippen molar-refractivity contribution in [2.24, 2.45) is 0 Å². The van der Waals surface area contributed by atoms with Gasteiger partial charge in [0.05, 0.1) is 4.90 Å². The van der Waals surface area contributed by atoms with E-state index in [0.717, 1.165) is 5.69 Å². The number of sulfonamides is 1. The van der Waals surface area contributed by atoms with Crippen LogP contribution in [0.4, 0.5) is 5.69 Å². The summed E-state index contributed by atoms with van der Waals surface area (Å²) in [5.41, 5.74) is 2.68. The molecule has 3 rings (SSSR count). The molecule has 3 N–H and O–H groups in total. The summed E-state index contributed by atoms with van der Waals surface area (Å²) < 4.78 is 26.8. The normalized spacial score (nSPS) is 17.8. The van der Waals surface area contributed by atoms with Gasteiger partial charge in [0.15, 0.2) is 0 Å². The molecule has 1 fully saturated rings. The molecule has 26 heavy (non-hydrogen) atoms. The zero-order valence-corrected chi connectivity index (χ0v) is 15.3. The van der Waals surface area contributed by atoms with Crippen molar-refractivity contribution in [3.63, 3.8) is 0 Å². The third-order valence-corrected chi connectivity index (χ3v) is 6.35. The molecule has 1 amide bonds. The van der Waals surface area contributed by atoms with Gasteiger partial charge in [0.2, 0.25) is 10.0 Å². The van der Waals surface area contributed by atoms with Crippen LogP contribution in [-0.4, -0.2) is 43.0 Å². The summed E-state index contributed by atoms with van der Waals surface area (Å²) in [5, 5.41) is 12.4.